The number of H-pyrrole nitrogens is 1. The molecule has 14 heavy (non-hydrogen) atoms. The molecular weight excluding hydrogens is 194 g/mol. The quantitative estimate of drug-likeness (QED) is 0.666. The van der Waals surface area contributed by atoms with Gasteiger partial charge in [-0.05, 0) is 19.1 Å². The van der Waals surface area contributed by atoms with Gasteiger partial charge in [-0.25, -0.2) is 0 Å². The van der Waals surface area contributed by atoms with E-state index < -0.39 is 0 Å². The molecule has 2 aromatic heterocycles. The van der Waals surface area contributed by atoms with Crippen molar-refractivity contribution in [2.45, 2.75) is 6.92 Å². The lowest BCUT2D eigenvalue weighted by atomic mass is 10.2. The summed E-state index contributed by atoms with van der Waals surface area (Å²) in [5.74, 6) is 0. The van der Waals surface area contributed by atoms with Gasteiger partial charge in [0.05, 0.1) is 11.1 Å². The number of pyridine rings is 2. The van der Waals surface area contributed by atoms with Crippen LogP contribution in [0.5, 0.6) is 0 Å². The van der Waals surface area contributed by atoms with E-state index >= 15 is 0 Å². The maximum absolute atomic E-state index is 8.71. The highest BCUT2D eigenvalue weighted by Gasteiger charge is 1.99. The van der Waals surface area contributed by atoms with Crippen LogP contribution < -0.4 is 0 Å². The van der Waals surface area contributed by atoms with Crippen LogP contribution in [0.2, 0.25) is 0 Å². The Labute approximate surface area is 86.0 Å². The maximum Gasteiger partial charge on any atom is 0.112 e. The van der Waals surface area contributed by atoms with Gasteiger partial charge >= 0.3 is 0 Å². The lowest BCUT2D eigenvalue weighted by Gasteiger charge is -1.99. The first kappa shape index (κ1) is 8.85. The van der Waals surface area contributed by atoms with Gasteiger partial charge in [-0.15, -0.1) is 0 Å². The van der Waals surface area contributed by atoms with E-state index in [4.69, 9.17) is 17.5 Å². The van der Waals surface area contributed by atoms with Crippen molar-refractivity contribution in [3.05, 3.63) is 34.2 Å². The standard InChI is InChI=1S/C10H7N3S/c1-6-2-9-8(10(14)13-6)3-7(4-11)5-12-9/h2-3,5H,1H3,(H,13,14). The van der Waals surface area contributed by atoms with Crippen molar-refractivity contribution in [2.24, 2.45) is 0 Å². The SMILES string of the molecule is Cc1cc2ncc(C#N)cc2c(=S)[nH]1. The number of aromatic nitrogens is 2. The molecule has 0 saturated carbocycles. The van der Waals surface area contributed by atoms with Crippen molar-refractivity contribution in [3.8, 4) is 6.07 Å². The van der Waals surface area contributed by atoms with Crippen LogP contribution in [0.25, 0.3) is 10.9 Å². The molecule has 0 radical (unpaired) electrons. The molecule has 68 valence electrons. The predicted octanol–water partition coefficient (Wildman–Crippen LogP) is 2.47. The molecule has 0 spiro atoms. The van der Waals surface area contributed by atoms with E-state index in [2.05, 4.69) is 9.97 Å². The summed E-state index contributed by atoms with van der Waals surface area (Å²) in [5, 5.41) is 9.53. The lowest BCUT2D eigenvalue weighted by Crippen LogP contribution is -1.88. The topological polar surface area (TPSA) is 52.5 Å². The van der Waals surface area contributed by atoms with E-state index in [0.29, 0.717) is 10.2 Å². The van der Waals surface area contributed by atoms with Gasteiger partial charge in [-0.2, -0.15) is 5.26 Å². The van der Waals surface area contributed by atoms with E-state index in [-0.39, 0.29) is 0 Å². The summed E-state index contributed by atoms with van der Waals surface area (Å²) in [7, 11) is 0. The summed E-state index contributed by atoms with van der Waals surface area (Å²) >= 11 is 5.14. The smallest absolute Gasteiger partial charge is 0.112 e. The highest BCUT2D eigenvalue weighted by Crippen LogP contribution is 2.14. The molecular formula is C10H7N3S. The molecule has 0 aliphatic heterocycles. The molecule has 1 N–H and O–H groups in total. The van der Waals surface area contributed by atoms with Crippen LogP contribution >= 0.6 is 12.2 Å². The first-order chi connectivity index (χ1) is 6.70. The average molecular weight is 201 g/mol. The Balaban J connectivity index is 2.91. The molecule has 4 heteroatoms. The third-order valence-electron chi connectivity index (χ3n) is 1.96. The van der Waals surface area contributed by atoms with Gasteiger partial charge in [0.25, 0.3) is 0 Å². The minimum Gasteiger partial charge on any atom is -0.350 e. The Hall–Kier alpha value is -1.73. The van der Waals surface area contributed by atoms with Crippen LogP contribution in [0.3, 0.4) is 0 Å². The average Bonchev–Trinajstić information content (AvgIpc) is 2.17. The van der Waals surface area contributed by atoms with Crippen LogP contribution in [0, 0.1) is 22.9 Å². The van der Waals surface area contributed by atoms with Crippen LogP contribution in [-0.2, 0) is 0 Å². The molecule has 2 heterocycles. The van der Waals surface area contributed by atoms with E-state index in [0.717, 1.165) is 16.6 Å². The number of rotatable bonds is 0. The number of hydrogen-bond acceptors (Lipinski definition) is 3. The Kier molecular flexibility index (Phi) is 2.02. The summed E-state index contributed by atoms with van der Waals surface area (Å²) in [4.78, 5) is 7.19. The number of aromatic amines is 1. The monoisotopic (exact) mass is 201 g/mol. The Morgan fingerprint density at radius 1 is 1.50 bits per heavy atom. The number of fused-ring (bicyclic) bond motifs is 1. The van der Waals surface area contributed by atoms with Crippen molar-refractivity contribution < 1.29 is 0 Å². The van der Waals surface area contributed by atoms with E-state index in [1.54, 1.807) is 12.3 Å². The zero-order valence-corrected chi connectivity index (χ0v) is 8.35. The van der Waals surface area contributed by atoms with Gasteiger partial charge in [-0.1, -0.05) is 12.2 Å². The maximum atomic E-state index is 8.71. The normalized spacial score (nSPS) is 10.0. The molecule has 0 aliphatic carbocycles. The summed E-state index contributed by atoms with van der Waals surface area (Å²) in [6.07, 6.45) is 1.55. The second kappa shape index (κ2) is 3.20. The third-order valence-corrected chi connectivity index (χ3v) is 2.28. The molecule has 0 aromatic carbocycles. The summed E-state index contributed by atoms with van der Waals surface area (Å²) < 4.78 is 0.629. The zero-order chi connectivity index (χ0) is 10.1. The molecule has 0 amide bonds. The Morgan fingerprint density at radius 3 is 3.00 bits per heavy atom. The fourth-order valence-corrected chi connectivity index (χ4v) is 1.65. The summed E-state index contributed by atoms with van der Waals surface area (Å²) in [5.41, 5.74) is 2.32. The first-order valence-corrected chi connectivity index (χ1v) is 4.51. The van der Waals surface area contributed by atoms with Gasteiger partial charge < -0.3 is 4.98 Å². The van der Waals surface area contributed by atoms with Crippen molar-refractivity contribution >= 4 is 23.1 Å². The number of hydrogen-bond donors (Lipinski definition) is 1. The Morgan fingerprint density at radius 2 is 2.29 bits per heavy atom. The molecule has 2 aromatic rings. The van der Waals surface area contributed by atoms with Crippen LogP contribution in [0.15, 0.2) is 18.3 Å². The number of aryl methyl sites for hydroxylation is 1. The van der Waals surface area contributed by atoms with E-state index in [9.17, 15) is 0 Å². The molecule has 0 atom stereocenters. The largest absolute Gasteiger partial charge is 0.350 e. The highest BCUT2D eigenvalue weighted by atomic mass is 32.1. The van der Waals surface area contributed by atoms with Crippen LogP contribution in [-0.4, -0.2) is 9.97 Å². The van der Waals surface area contributed by atoms with E-state index in [1.165, 1.54) is 0 Å². The molecule has 0 fully saturated rings. The molecule has 0 aliphatic rings. The van der Waals surface area contributed by atoms with Gasteiger partial charge in [-0.3, -0.25) is 4.98 Å². The summed E-state index contributed by atoms with van der Waals surface area (Å²) in [6, 6.07) is 5.70. The minimum absolute atomic E-state index is 0.529. The van der Waals surface area contributed by atoms with Crippen molar-refractivity contribution in [1.29, 1.82) is 5.26 Å². The van der Waals surface area contributed by atoms with Crippen LogP contribution in [0.1, 0.15) is 11.3 Å². The number of nitrogens with one attached hydrogen (secondary N) is 1. The minimum atomic E-state index is 0.529. The second-order valence-corrected chi connectivity index (χ2v) is 3.46. The number of nitrogens with zero attached hydrogens (tertiary/aromatic N) is 2. The van der Waals surface area contributed by atoms with Crippen molar-refractivity contribution in [2.75, 3.05) is 0 Å². The molecule has 0 saturated heterocycles. The third kappa shape index (κ3) is 1.38. The second-order valence-electron chi connectivity index (χ2n) is 3.05. The molecule has 0 bridgehead atoms. The van der Waals surface area contributed by atoms with Gasteiger partial charge in [0.1, 0.15) is 10.7 Å². The first-order valence-electron chi connectivity index (χ1n) is 4.10. The molecule has 0 unspecified atom stereocenters. The molecule has 3 nitrogen and oxygen atoms in total. The van der Waals surface area contributed by atoms with Gasteiger partial charge in [0, 0.05) is 17.3 Å². The van der Waals surface area contributed by atoms with Gasteiger partial charge in [0.2, 0.25) is 0 Å². The zero-order valence-electron chi connectivity index (χ0n) is 7.53. The fourth-order valence-electron chi connectivity index (χ4n) is 1.32. The Bertz CT molecular complexity index is 592. The predicted molar refractivity (Wildman–Crippen MR) is 56.4 cm³/mol. The van der Waals surface area contributed by atoms with Crippen molar-refractivity contribution in [3.63, 3.8) is 0 Å². The molecule has 2 rings (SSSR count). The van der Waals surface area contributed by atoms with Gasteiger partial charge in [0.15, 0.2) is 0 Å². The van der Waals surface area contributed by atoms with Crippen molar-refractivity contribution in [1.82, 2.24) is 9.97 Å². The number of nitriles is 1. The lowest BCUT2D eigenvalue weighted by molar-refractivity contribution is 1.19. The summed E-state index contributed by atoms with van der Waals surface area (Å²) in [6.45, 7) is 1.93. The van der Waals surface area contributed by atoms with E-state index in [1.807, 2.05) is 19.1 Å². The van der Waals surface area contributed by atoms with Crippen LogP contribution in [0.4, 0.5) is 0 Å². The highest BCUT2D eigenvalue weighted by molar-refractivity contribution is 7.71. The fraction of sp³-hybridized carbons (Fsp3) is 0.100.